The second-order valence-electron chi connectivity index (χ2n) is 9.11. The maximum absolute atomic E-state index is 12.9. The van der Waals surface area contributed by atoms with E-state index in [4.69, 9.17) is 14.5 Å². The van der Waals surface area contributed by atoms with E-state index < -0.39 is 11.9 Å². The minimum atomic E-state index is -0.645. The third-order valence-corrected chi connectivity index (χ3v) is 7.42. The molecule has 0 saturated heterocycles. The van der Waals surface area contributed by atoms with Crippen molar-refractivity contribution in [2.45, 2.75) is 18.6 Å². The molecule has 0 bridgehead atoms. The first-order valence-corrected chi connectivity index (χ1v) is 14.0. The summed E-state index contributed by atoms with van der Waals surface area (Å²) in [6.07, 6.45) is 0. The lowest BCUT2D eigenvalue weighted by Crippen LogP contribution is -2.16. The molecule has 10 nitrogen and oxygen atoms in total. The van der Waals surface area contributed by atoms with E-state index in [1.165, 1.54) is 44.2 Å². The molecular formula is C31H27N5O5S. The second kappa shape index (κ2) is 12.6. The molecule has 0 aliphatic rings. The number of amides is 1. The van der Waals surface area contributed by atoms with Gasteiger partial charge in [0.2, 0.25) is 5.91 Å². The van der Waals surface area contributed by atoms with Crippen LogP contribution in [-0.4, -0.2) is 57.6 Å². The van der Waals surface area contributed by atoms with Gasteiger partial charge in [0.05, 0.1) is 42.3 Å². The van der Waals surface area contributed by atoms with Crippen LogP contribution in [0.15, 0.2) is 84.0 Å². The number of esters is 2. The first-order valence-electron chi connectivity index (χ1n) is 13.0. The van der Waals surface area contributed by atoms with Crippen LogP contribution in [0.1, 0.15) is 27.6 Å². The average Bonchev–Trinajstić information content (AvgIpc) is 3.45. The SMILES string of the molecule is CCn1c(SCC(=O)Nc2cc(C(=O)OC)cc(C(=O)OC)c2)nnc1-c1cc(-c2ccccc2)nc2ccccc12. The normalized spacial score (nSPS) is 10.8. The molecule has 2 aromatic heterocycles. The Balaban J connectivity index is 1.40. The monoisotopic (exact) mass is 581 g/mol. The van der Waals surface area contributed by atoms with E-state index in [-0.39, 0.29) is 28.5 Å². The summed E-state index contributed by atoms with van der Waals surface area (Å²) in [5, 5.41) is 13.2. The fraction of sp³-hybridized carbons (Fsp3) is 0.161. The molecular weight excluding hydrogens is 554 g/mol. The second-order valence-corrected chi connectivity index (χ2v) is 10.1. The predicted octanol–water partition coefficient (Wildman–Crippen LogP) is 5.48. The van der Waals surface area contributed by atoms with Crippen LogP contribution in [0, 0.1) is 0 Å². The van der Waals surface area contributed by atoms with Crippen molar-refractivity contribution in [2.75, 3.05) is 25.3 Å². The van der Waals surface area contributed by atoms with Crippen molar-refractivity contribution in [3.05, 3.63) is 90.0 Å². The van der Waals surface area contributed by atoms with Crippen molar-refractivity contribution in [1.29, 1.82) is 0 Å². The van der Waals surface area contributed by atoms with Crippen molar-refractivity contribution in [3.63, 3.8) is 0 Å². The van der Waals surface area contributed by atoms with Crippen LogP contribution in [-0.2, 0) is 20.8 Å². The Morgan fingerprint density at radius 2 is 1.52 bits per heavy atom. The average molecular weight is 582 g/mol. The molecule has 212 valence electrons. The van der Waals surface area contributed by atoms with Crippen LogP contribution in [0.25, 0.3) is 33.5 Å². The molecule has 0 aliphatic heterocycles. The Morgan fingerprint density at radius 3 is 2.19 bits per heavy atom. The van der Waals surface area contributed by atoms with Gasteiger partial charge in [-0.25, -0.2) is 14.6 Å². The number of nitrogens with zero attached hydrogens (tertiary/aromatic N) is 4. The van der Waals surface area contributed by atoms with Gasteiger partial charge in [0.25, 0.3) is 0 Å². The van der Waals surface area contributed by atoms with Crippen LogP contribution in [0.5, 0.6) is 0 Å². The predicted molar refractivity (Wildman–Crippen MR) is 160 cm³/mol. The number of thioether (sulfide) groups is 1. The molecule has 1 N–H and O–H groups in total. The van der Waals surface area contributed by atoms with Crippen LogP contribution >= 0.6 is 11.8 Å². The Bertz CT molecular complexity index is 1750. The summed E-state index contributed by atoms with van der Waals surface area (Å²) in [5.41, 5.74) is 4.03. The summed E-state index contributed by atoms with van der Waals surface area (Å²) < 4.78 is 11.5. The molecule has 2 heterocycles. The zero-order chi connectivity index (χ0) is 29.6. The van der Waals surface area contributed by atoms with Crippen molar-refractivity contribution >= 4 is 46.2 Å². The largest absolute Gasteiger partial charge is 0.465 e. The number of pyridine rings is 1. The fourth-order valence-corrected chi connectivity index (χ4v) is 5.30. The number of carbonyl (C=O) groups excluding carboxylic acids is 3. The number of hydrogen-bond acceptors (Lipinski definition) is 9. The van der Waals surface area contributed by atoms with Gasteiger partial charge >= 0.3 is 11.9 Å². The Kier molecular flexibility index (Phi) is 8.58. The number of benzene rings is 3. The first kappa shape index (κ1) is 28.5. The number of fused-ring (bicyclic) bond motifs is 1. The molecule has 3 aromatic carbocycles. The number of rotatable bonds is 9. The molecule has 0 atom stereocenters. The standard InChI is InChI=1S/C31H27N5O5S/c1-4-36-28(24-17-26(19-10-6-5-7-11-19)33-25-13-9-8-12-23(24)25)34-35-31(36)42-18-27(37)32-22-15-20(29(38)40-2)14-21(16-22)30(39)41-3/h5-17H,4,18H2,1-3H3,(H,32,37). The molecule has 5 aromatic rings. The lowest BCUT2D eigenvalue weighted by atomic mass is 10.0. The van der Waals surface area contributed by atoms with Gasteiger partial charge in [0, 0.05) is 28.7 Å². The zero-order valence-electron chi connectivity index (χ0n) is 23.2. The highest BCUT2D eigenvalue weighted by Gasteiger charge is 2.19. The molecule has 1 amide bonds. The van der Waals surface area contributed by atoms with Gasteiger partial charge in [-0.05, 0) is 37.3 Å². The van der Waals surface area contributed by atoms with Crippen molar-refractivity contribution < 1.29 is 23.9 Å². The molecule has 0 unspecified atom stereocenters. The maximum Gasteiger partial charge on any atom is 0.337 e. The fourth-order valence-electron chi connectivity index (χ4n) is 4.50. The zero-order valence-corrected chi connectivity index (χ0v) is 24.0. The van der Waals surface area contributed by atoms with E-state index >= 15 is 0 Å². The molecule has 11 heteroatoms. The summed E-state index contributed by atoms with van der Waals surface area (Å²) in [4.78, 5) is 41.9. The van der Waals surface area contributed by atoms with E-state index in [1.807, 2.05) is 72.2 Å². The quantitative estimate of drug-likeness (QED) is 0.178. The summed E-state index contributed by atoms with van der Waals surface area (Å²) in [7, 11) is 2.47. The van der Waals surface area contributed by atoms with Crippen LogP contribution < -0.4 is 5.32 Å². The highest BCUT2D eigenvalue weighted by atomic mass is 32.2. The maximum atomic E-state index is 12.9. The van der Waals surface area contributed by atoms with Crippen LogP contribution in [0.4, 0.5) is 5.69 Å². The smallest absolute Gasteiger partial charge is 0.337 e. The Labute approximate surface area is 246 Å². The van der Waals surface area contributed by atoms with E-state index in [2.05, 4.69) is 15.5 Å². The number of nitrogens with one attached hydrogen (secondary N) is 1. The lowest BCUT2D eigenvalue weighted by Gasteiger charge is -2.12. The van der Waals surface area contributed by atoms with Gasteiger partial charge in [-0.15, -0.1) is 10.2 Å². The molecule has 0 radical (unpaired) electrons. The highest BCUT2D eigenvalue weighted by molar-refractivity contribution is 7.99. The molecule has 5 rings (SSSR count). The number of aromatic nitrogens is 4. The molecule has 0 spiro atoms. The third kappa shape index (κ3) is 6.01. The highest BCUT2D eigenvalue weighted by Crippen LogP contribution is 2.33. The summed E-state index contributed by atoms with van der Waals surface area (Å²) in [6, 6.07) is 24.1. The van der Waals surface area contributed by atoms with E-state index in [9.17, 15) is 14.4 Å². The van der Waals surface area contributed by atoms with Crippen LogP contribution in [0.3, 0.4) is 0 Å². The van der Waals surface area contributed by atoms with Gasteiger partial charge in [-0.3, -0.25) is 4.79 Å². The first-order chi connectivity index (χ1) is 20.4. The van der Waals surface area contributed by atoms with Gasteiger partial charge in [0.15, 0.2) is 11.0 Å². The number of para-hydroxylation sites is 1. The molecule has 0 saturated carbocycles. The number of ether oxygens (including phenoxy) is 2. The van der Waals surface area contributed by atoms with Crippen LogP contribution in [0.2, 0.25) is 0 Å². The number of methoxy groups -OCH3 is 2. The summed E-state index contributed by atoms with van der Waals surface area (Å²) in [6.45, 7) is 2.57. The van der Waals surface area contributed by atoms with Gasteiger partial charge < -0.3 is 19.4 Å². The van der Waals surface area contributed by atoms with Crippen molar-refractivity contribution in [1.82, 2.24) is 19.7 Å². The third-order valence-electron chi connectivity index (χ3n) is 6.45. The van der Waals surface area contributed by atoms with Crippen molar-refractivity contribution in [3.8, 4) is 22.6 Å². The van der Waals surface area contributed by atoms with Crippen molar-refractivity contribution in [2.24, 2.45) is 0 Å². The number of carbonyl (C=O) groups is 3. The Hall–Kier alpha value is -5.03. The minimum Gasteiger partial charge on any atom is -0.465 e. The summed E-state index contributed by atoms with van der Waals surface area (Å²) in [5.74, 6) is -0.961. The molecule has 42 heavy (non-hydrogen) atoms. The van der Waals surface area contributed by atoms with E-state index in [1.54, 1.807) is 0 Å². The van der Waals surface area contributed by atoms with Gasteiger partial charge in [0.1, 0.15) is 0 Å². The number of anilines is 1. The van der Waals surface area contributed by atoms with Gasteiger partial charge in [-0.2, -0.15) is 0 Å². The van der Waals surface area contributed by atoms with E-state index in [0.717, 1.165) is 27.7 Å². The lowest BCUT2D eigenvalue weighted by molar-refractivity contribution is -0.113. The van der Waals surface area contributed by atoms with Gasteiger partial charge in [-0.1, -0.05) is 60.3 Å². The number of hydrogen-bond donors (Lipinski definition) is 1. The molecule has 0 fully saturated rings. The summed E-state index contributed by atoms with van der Waals surface area (Å²) >= 11 is 1.23. The Morgan fingerprint density at radius 1 is 0.857 bits per heavy atom. The molecule has 0 aliphatic carbocycles. The van der Waals surface area contributed by atoms with E-state index in [0.29, 0.717) is 17.5 Å². The topological polar surface area (TPSA) is 125 Å². The minimum absolute atomic E-state index is 0.0144.